The molecule has 1 N–H and O–H groups in total. The van der Waals surface area contributed by atoms with Crippen LogP contribution < -0.4 is 10.9 Å². The molecule has 1 amide bonds. The predicted molar refractivity (Wildman–Crippen MR) is 100 cm³/mol. The Morgan fingerprint density at radius 2 is 1.88 bits per heavy atom. The second kappa shape index (κ2) is 7.36. The van der Waals surface area contributed by atoms with E-state index in [4.69, 9.17) is 11.6 Å². The highest BCUT2D eigenvalue weighted by atomic mass is 35.5. The molecule has 1 heterocycles. The van der Waals surface area contributed by atoms with Crippen LogP contribution in [0.15, 0.2) is 71.7 Å². The van der Waals surface area contributed by atoms with Crippen LogP contribution >= 0.6 is 11.6 Å². The minimum atomic E-state index is -0.452. The fourth-order valence-electron chi connectivity index (χ4n) is 2.57. The molecule has 0 unspecified atom stereocenters. The van der Waals surface area contributed by atoms with Crippen LogP contribution in [-0.4, -0.2) is 10.5 Å². The molecule has 5 heteroatoms. The van der Waals surface area contributed by atoms with Crippen molar-refractivity contribution in [2.24, 2.45) is 0 Å². The molecule has 3 aromatic rings. The number of pyridine rings is 1. The highest BCUT2D eigenvalue weighted by molar-refractivity contribution is 6.30. The van der Waals surface area contributed by atoms with Gasteiger partial charge in [-0.1, -0.05) is 41.9 Å². The third-order valence-corrected chi connectivity index (χ3v) is 4.18. The van der Waals surface area contributed by atoms with E-state index in [2.05, 4.69) is 5.32 Å². The molecule has 2 aromatic carbocycles. The van der Waals surface area contributed by atoms with Gasteiger partial charge in [-0.3, -0.25) is 9.59 Å². The summed E-state index contributed by atoms with van der Waals surface area (Å²) in [6.07, 6.45) is 1.69. The topological polar surface area (TPSA) is 51.1 Å². The molecule has 3 rings (SSSR count). The van der Waals surface area contributed by atoms with Crippen molar-refractivity contribution in [2.75, 3.05) is 5.32 Å². The number of anilines is 1. The Morgan fingerprint density at radius 3 is 2.64 bits per heavy atom. The summed E-state index contributed by atoms with van der Waals surface area (Å²) in [5.74, 6) is -0.452. The van der Waals surface area contributed by atoms with Crippen LogP contribution in [0.1, 0.15) is 21.5 Å². The average Bonchev–Trinajstić information content (AvgIpc) is 2.58. The summed E-state index contributed by atoms with van der Waals surface area (Å²) in [5, 5.41) is 3.22. The van der Waals surface area contributed by atoms with Crippen LogP contribution in [0.25, 0.3) is 0 Å². The van der Waals surface area contributed by atoms with Gasteiger partial charge in [0.1, 0.15) is 5.56 Å². The van der Waals surface area contributed by atoms with Gasteiger partial charge in [0.25, 0.3) is 11.5 Å². The lowest BCUT2D eigenvalue weighted by Crippen LogP contribution is -2.29. The van der Waals surface area contributed by atoms with E-state index in [1.807, 2.05) is 31.2 Å². The van der Waals surface area contributed by atoms with Crippen molar-refractivity contribution in [1.29, 1.82) is 0 Å². The number of aryl methyl sites for hydroxylation is 1. The van der Waals surface area contributed by atoms with Gasteiger partial charge in [-0.2, -0.15) is 0 Å². The van der Waals surface area contributed by atoms with E-state index in [9.17, 15) is 9.59 Å². The largest absolute Gasteiger partial charge is 0.322 e. The number of carbonyl (C=O) groups excluding carboxylic acids is 1. The Bertz CT molecular complexity index is 979. The fourth-order valence-corrected chi connectivity index (χ4v) is 2.76. The number of hydrogen-bond acceptors (Lipinski definition) is 2. The number of nitrogens with one attached hydrogen (secondary N) is 1. The van der Waals surface area contributed by atoms with E-state index in [1.54, 1.807) is 36.5 Å². The number of aromatic nitrogens is 1. The number of amides is 1. The van der Waals surface area contributed by atoms with Crippen molar-refractivity contribution in [2.45, 2.75) is 13.5 Å². The number of carbonyl (C=O) groups is 1. The van der Waals surface area contributed by atoms with Gasteiger partial charge >= 0.3 is 0 Å². The Balaban J connectivity index is 1.87. The van der Waals surface area contributed by atoms with E-state index in [0.717, 1.165) is 11.1 Å². The van der Waals surface area contributed by atoms with Crippen molar-refractivity contribution in [1.82, 2.24) is 4.57 Å². The zero-order valence-corrected chi connectivity index (χ0v) is 14.5. The second-order valence-electron chi connectivity index (χ2n) is 5.75. The molecular formula is C20H17ClN2O2. The van der Waals surface area contributed by atoms with Gasteiger partial charge < -0.3 is 9.88 Å². The number of nitrogens with zero attached hydrogens (tertiary/aromatic N) is 1. The van der Waals surface area contributed by atoms with Gasteiger partial charge in [0.05, 0.1) is 6.54 Å². The Kier molecular flexibility index (Phi) is 5.00. The van der Waals surface area contributed by atoms with Gasteiger partial charge in [-0.05, 0) is 48.4 Å². The molecule has 25 heavy (non-hydrogen) atoms. The highest BCUT2D eigenvalue weighted by Gasteiger charge is 2.13. The monoisotopic (exact) mass is 352 g/mol. The SMILES string of the molecule is Cc1ccccc1Cn1cccc(C(=O)Nc2cccc(Cl)c2)c1=O. The smallest absolute Gasteiger partial charge is 0.263 e. The Morgan fingerprint density at radius 1 is 1.08 bits per heavy atom. The second-order valence-corrected chi connectivity index (χ2v) is 6.18. The summed E-state index contributed by atoms with van der Waals surface area (Å²) in [6, 6.07) is 17.9. The van der Waals surface area contributed by atoms with Crippen LogP contribution in [0.3, 0.4) is 0 Å². The first kappa shape index (κ1) is 17.0. The number of halogens is 1. The summed E-state index contributed by atoms with van der Waals surface area (Å²) in [6.45, 7) is 2.42. The molecule has 0 atom stereocenters. The third kappa shape index (κ3) is 3.98. The van der Waals surface area contributed by atoms with E-state index in [-0.39, 0.29) is 11.1 Å². The maximum Gasteiger partial charge on any atom is 0.263 e. The zero-order valence-electron chi connectivity index (χ0n) is 13.7. The predicted octanol–water partition coefficient (Wildman–Crippen LogP) is 4.11. The van der Waals surface area contributed by atoms with E-state index >= 15 is 0 Å². The van der Waals surface area contributed by atoms with E-state index in [1.165, 1.54) is 10.6 Å². The molecule has 0 radical (unpaired) electrons. The quantitative estimate of drug-likeness (QED) is 0.768. The summed E-state index contributed by atoms with van der Waals surface area (Å²) in [4.78, 5) is 25.1. The molecular weight excluding hydrogens is 336 g/mol. The summed E-state index contributed by atoms with van der Waals surface area (Å²) in [7, 11) is 0. The van der Waals surface area contributed by atoms with E-state index < -0.39 is 5.91 Å². The fraction of sp³-hybridized carbons (Fsp3) is 0.100. The first-order chi connectivity index (χ1) is 12.0. The summed E-state index contributed by atoms with van der Waals surface area (Å²) in [5.41, 5.74) is 2.45. The molecule has 0 bridgehead atoms. The number of rotatable bonds is 4. The number of benzene rings is 2. The highest BCUT2D eigenvalue weighted by Crippen LogP contribution is 2.15. The minimum Gasteiger partial charge on any atom is -0.322 e. The first-order valence-electron chi connectivity index (χ1n) is 7.85. The molecule has 0 fully saturated rings. The maximum atomic E-state index is 12.7. The Hall–Kier alpha value is -2.85. The Labute approximate surface area is 150 Å². The van der Waals surface area contributed by atoms with E-state index in [0.29, 0.717) is 17.3 Å². The minimum absolute atomic E-state index is 0.0936. The molecule has 126 valence electrons. The van der Waals surface area contributed by atoms with Gasteiger partial charge in [0.2, 0.25) is 0 Å². The standard InChI is InChI=1S/C20H17ClN2O2/c1-14-6-2-3-7-15(14)13-23-11-5-10-18(20(23)25)19(24)22-17-9-4-8-16(21)12-17/h2-12H,13H2,1H3,(H,22,24). The van der Waals surface area contributed by atoms with Crippen LogP contribution in [0.4, 0.5) is 5.69 Å². The van der Waals surface area contributed by atoms with Crippen molar-refractivity contribution in [3.8, 4) is 0 Å². The summed E-state index contributed by atoms with van der Waals surface area (Å²) >= 11 is 5.92. The first-order valence-corrected chi connectivity index (χ1v) is 8.23. The lowest BCUT2D eigenvalue weighted by atomic mass is 10.1. The molecule has 4 nitrogen and oxygen atoms in total. The molecule has 0 aliphatic rings. The molecule has 1 aromatic heterocycles. The zero-order chi connectivity index (χ0) is 17.8. The maximum absolute atomic E-state index is 12.7. The van der Waals surface area contributed by atoms with Gasteiger partial charge in [-0.15, -0.1) is 0 Å². The molecule has 0 saturated heterocycles. The van der Waals surface area contributed by atoms with Gasteiger partial charge in [0.15, 0.2) is 0 Å². The van der Waals surface area contributed by atoms with Crippen LogP contribution in [0.5, 0.6) is 0 Å². The molecule has 0 spiro atoms. The average molecular weight is 353 g/mol. The van der Waals surface area contributed by atoms with Crippen molar-refractivity contribution in [3.63, 3.8) is 0 Å². The van der Waals surface area contributed by atoms with Crippen molar-refractivity contribution >= 4 is 23.2 Å². The van der Waals surface area contributed by atoms with Crippen LogP contribution in [-0.2, 0) is 6.54 Å². The third-order valence-electron chi connectivity index (χ3n) is 3.95. The van der Waals surface area contributed by atoms with Crippen molar-refractivity contribution in [3.05, 3.63) is 98.9 Å². The van der Waals surface area contributed by atoms with Gasteiger partial charge in [-0.25, -0.2) is 0 Å². The normalized spacial score (nSPS) is 10.5. The van der Waals surface area contributed by atoms with Crippen LogP contribution in [0, 0.1) is 6.92 Å². The summed E-state index contributed by atoms with van der Waals surface area (Å²) < 4.78 is 1.54. The lowest BCUT2D eigenvalue weighted by molar-refractivity contribution is 0.102. The van der Waals surface area contributed by atoms with Crippen molar-refractivity contribution < 1.29 is 4.79 Å². The molecule has 0 aliphatic heterocycles. The number of hydrogen-bond donors (Lipinski definition) is 1. The molecule has 0 saturated carbocycles. The molecule has 0 aliphatic carbocycles. The lowest BCUT2D eigenvalue weighted by Gasteiger charge is -2.10. The van der Waals surface area contributed by atoms with Crippen LogP contribution in [0.2, 0.25) is 5.02 Å². The van der Waals surface area contributed by atoms with Gasteiger partial charge in [0, 0.05) is 16.9 Å².